The summed E-state index contributed by atoms with van der Waals surface area (Å²) in [6.07, 6.45) is 1.74. The zero-order valence-electron chi connectivity index (χ0n) is 25.9. The number of pyridine rings is 1. The van der Waals surface area contributed by atoms with Gasteiger partial charge in [0.2, 0.25) is 11.8 Å². The minimum absolute atomic E-state index is 0.0324. The van der Waals surface area contributed by atoms with Gasteiger partial charge in [0.25, 0.3) is 5.91 Å². The van der Waals surface area contributed by atoms with Gasteiger partial charge in [0, 0.05) is 35.3 Å². The molecule has 2 aromatic carbocycles. The molecule has 1 fully saturated rings. The summed E-state index contributed by atoms with van der Waals surface area (Å²) in [5.74, 6) is 0.636. The molecule has 0 bridgehead atoms. The van der Waals surface area contributed by atoms with Crippen molar-refractivity contribution >= 4 is 17.0 Å². The maximum atomic E-state index is 14.2. The van der Waals surface area contributed by atoms with Gasteiger partial charge in [-0.3, -0.25) is 9.69 Å². The summed E-state index contributed by atoms with van der Waals surface area (Å²) in [6, 6.07) is 17.2. The number of amides is 1. The van der Waals surface area contributed by atoms with Crippen LogP contribution in [0.15, 0.2) is 59.0 Å². The summed E-state index contributed by atoms with van der Waals surface area (Å²) in [5, 5.41) is 12.0. The maximum absolute atomic E-state index is 14.2. The Morgan fingerprint density at radius 3 is 2.73 bits per heavy atom. The van der Waals surface area contributed by atoms with Gasteiger partial charge < -0.3 is 24.9 Å². The van der Waals surface area contributed by atoms with Crippen molar-refractivity contribution in [3.8, 4) is 11.9 Å². The molecule has 1 amide bonds. The summed E-state index contributed by atoms with van der Waals surface area (Å²) in [7, 11) is 0. The minimum Gasteiger partial charge on any atom is -0.473 e. The van der Waals surface area contributed by atoms with E-state index in [-0.39, 0.29) is 30.1 Å². The average molecular weight is 615 g/mol. The summed E-state index contributed by atoms with van der Waals surface area (Å²) in [4.78, 5) is 24.6. The monoisotopic (exact) mass is 614 g/mol. The number of fused-ring (bicyclic) bond motifs is 1. The number of hydrogen-bond acceptors (Lipinski definition) is 9. The van der Waals surface area contributed by atoms with Crippen LogP contribution in [0.25, 0.3) is 11.1 Å². The first-order valence-corrected chi connectivity index (χ1v) is 15.2. The number of nitrogens with one attached hydrogen (secondary N) is 1. The molecular formula is C34H39FN6O4. The van der Waals surface area contributed by atoms with Crippen molar-refractivity contribution in [2.45, 2.75) is 64.3 Å². The van der Waals surface area contributed by atoms with Gasteiger partial charge in [0.1, 0.15) is 17.9 Å². The highest BCUT2D eigenvalue weighted by atomic mass is 19.1. The number of hydrogen-bond donors (Lipinski definition) is 2. The number of carbonyl (C=O) groups is 1. The van der Waals surface area contributed by atoms with Crippen molar-refractivity contribution in [2.75, 3.05) is 26.2 Å². The number of nitrogens with two attached hydrogens (primary N) is 1. The molecule has 0 radical (unpaired) electrons. The van der Waals surface area contributed by atoms with E-state index in [0.717, 1.165) is 31.6 Å². The Morgan fingerprint density at radius 2 is 2.00 bits per heavy atom. The van der Waals surface area contributed by atoms with E-state index in [1.165, 1.54) is 6.07 Å². The Kier molecular flexibility index (Phi) is 10.1. The van der Waals surface area contributed by atoms with Crippen molar-refractivity contribution in [1.82, 2.24) is 20.2 Å². The van der Waals surface area contributed by atoms with Crippen LogP contribution in [0.1, 0.15) is 72.6 Å². The molecule has 5 rings (SSSR count). The van der Waals surface area contributed by atoms with Crippen molar-refractivity contribution in [3.63, 3.8) is 0 Å². The molecule has 1 saturated heterocycles. The summed E-state index contributed by atoms with van der Waals surface area (Å²) in [5.41, 5.74) is 8.42. The Hall–Kier alpha value is -4.37. The number of piperidine rings is 1. The zero-order valence-corrected chi connectivity index (χ0v) is 25.9. The molecule has 4 aromatic rings. The maximum Gasteiger partial charge on any atom is 0.251 e. The first-order valence-electron chi connectivity index (χ1n) is 15.2. The Labute approximate surface area is 262 Å². The van der Waals surface area contributed by atoms with E-state index in [0.29, 0.717) is 53.7 Å². The van der Waals surface area contributed by atoms with Crippen LogP contribution in [-0.2, 0) is 17.9 Å². The second kappa shape index (κ2) is 14.2. The third kappa shape index (κ3) is 8.42. The minimum atomic E-state index is -0.566. The van der Waals surface area contributed by atoms with Crippen molar-refractivity contribution in [2.24, 2.45) is 5.73 Å². The van der Waals surface area contributed by atoms with Gasteiger partial charge in [-0.15, -0.1) is 0 Å². The van der Waals surface area contributed by atoms with Crippen LogP contribution in [0.2, 0.25) is 0 Å². The molecular weight excluding hydrogens is 575 g/mol. The van der Waals surface area contributed by atoms with Crippen LogP contribution in [0.4, 0.5) is 4.39 Å². The molecule has 0 aliphatic carbocycles. The van der Waals surface area contributed by atoms with Gasteiger partial charge in [-0.05, 0) is 83.1 Å². The normalized spacial score (nSPS) is 15.1. The predicted octanol–water partition coefficient (Wildman–Crippen LogP) is 5.06. The number of benzene rings is 2. The molecule has 1 aliphatic rings. The lowest BCUT2D eigenvalue weighted by Gasteiger charge is -2.30. The van der Waals surface area contributed by atoms with Crippen molar-refractivity contribution in [1.29, 1.82) is 5.26 Å². The first kappa shape index (κ1) is 32.0. The molecule has 0 spiro atoms. The van der Waals surface area contributed by atoms with Gasteiger partial charge in [-0.2, -0.15) is 5.26 Å². The summed E-state index contributed by atoms with van der Waals surface area (Å²) < 4.78 is 31.8. The molecule has 2 aromatic heterocycles. The van der Waals surface area contributed by atoms with Crippen LogP contribution >= 0.6 is 0 Å². The number of carbonyl (C=O) groups excluding carboxylic acids is 1. The van der Waals surface area contributed by atoms with Gasteiger partial charge in [-0.1, -0.05) is 12.1 Å². The Morgan fingerprint density at radius 1 is 1.20 bits per heavy atom. The first-order chi connectivity index (χ1) is 21.6. The standard InChI is InChI=1S/C34H39FN6O4/c1-22(17-36)44-21-34(2,3)40-33(42)25-9-10-29-30(16-25)45-32(39-29)19-41-13-11-24(12-14-41)28-5-4-6-31(38-28)43-20-26-8-7-23(18-37)15-27(26)35/h4-10,15-16,22,24H,11-14,17,19-21,36H2,1-3H3,(H,40,42). The fourth-order valence-corrected chi connectivity index (χ4v) is 5.22. The molecule has 45 heavy (non-hydrogen) atoms. The number of aromatic nitrogens is 2. The third-order valence-electron chi connectivity index (χ3n) is 7.87. The molecule has 10 nitrogen and oxygen atoms in total. The van der Waals surface area contributed by atoms with Gasteiger partial charge in [-0.25, -0.2) is 14.4 Å². The number of oxazole rings is 1. The molecule has 0 saturated carbocycles. The second-order valence-corrected chi connectivity index (χ2v) is 12.1. The summed E-state index contributed by atoms with van der Waals surface area (Å²) in [6.45, 7) is 8.77. The number of nitriles is 1. The van der Waals surface area contributed by atoms with Crippen LogP contribution < -0.4 is 15.8 Å². The molecule has 11 heteroatoms. The lowest BCUT2D eigenvalue weighted by molar-refractivity contribution is 0.0320. The lowest BCUT2D eigenvalue weighted by Crippen LogP contribution is -2.48. The van der Waals surface area contributed by atoms with Crippen molar-refractivity contribution in [3.05, 3.63) is 88.7 Å². The van der Waals surface area contributed by atoms with Crippen LogP contribution in [0.5, 0.6) is 5.88 Å². The molecule has 1 unspecified atom stereocenters. The highest BCUT2D eigenvalue weighted by Gasteiger charge is 2.25. The number of rotatable bonds is 12. The van der Waals surface area contributed by atoms with E-state index < -0.39 is 11.4 Å². The van der Waals surface area contributed by atoms with E-state index in [1.54, 1.807) is 36.4 Å². The Balaban J connectivity index is 1.13. The fraction of sp³-hybridized carbons (Fsp3) is 0.412. The van der Waals surface area contributed by atoms with E-state index >= 15 is 0 Å². The highest BCUT2D eigenvalue weighted by molar-refractivity contribution is 5.97. The fourth-order valence-electron chi connectivity index (χ4n) is 5.22. The topological polar surface area (TPSA) is 140 Å². The number of ether oxygens (including phenoxy) is 2. The second-order valence-electron chi connectivity index (χ2n) is 12.1. The molecule has 3 N–H and O–H groups in total. The van der Waals surface area contributed by atoms with Crippen LogP contribution in [-0.4, -0.2) is 58.7 Å². The third-order valence-corrected chi connectivity index (χ3v) is 7.87. The van der Waals surface area contributed by atoms with Gasteiger partial charge in [0.15, 0.2) is 5.58 Å². The predicted molar refractivity (Wildman–Crippen MR) is 167 cm³/mol. The number of nitrogens with zero attached hydrogens (tertiary/aromatic N) is 4. The largest absolute Gasteiger partial charge is 0.473 e. The van der Waals surface area contributed by atoms with Gasteiger partial charge in [0.05, 0.1) is 36.4 Å². The Bertz CT molecular complexity index is 1670. The van der Waals surface area contributed by atoms with E-state index in [9.17, 15) is 9.18 Å². The SMILES string of the molecule is CC(CN)OCC(C)(C)NC(=O)c1ccc2nc(CN3CCC(c4cccc(OCc5ccc(C#N)cc5F)n4)CC3)oc2c1. The zero-order chi connectivity index (χ0) is 32.0. The van der Waals surface area contributed by atoms with Crippen molar-refractivity contribution < 1.29 is 23.1 Å². The van der Waals surface area contributed by atoms with E-state index in [4.69, 9.17) is 24.9 Å². The quantitative estimate of drug-likeness (QED) is 0.224. The average Bonchev–Trinajstić information content (AvgIpc) is 3.45. The van der Waals surface area contributed by atoms with E-state index in [2.05, 4.69) is 20.2 Å². The van der Waals surface area contributed by atoms with Crippen LogP contribution in [0.3, 0.4) is 0 Å². The molecule has 1 aliphatic heterocycles. The highest BCUT2D eigenvalue weighted by Crippen LogP contribution is 2.29. The molecule has 3 heterocycles. The summed E-state index contributed by atoms with van der Waals surface area (Å²) >= 11 is 0. The molecule has 236 valence electrons. The number of likely N-dealkylation sites (tertiary alicyclic amines) is 1. The smallest absolute Gasteiger partial charge is 0.251 e. The van der Waals surface area contributed by atoms with Gasteiger partial charge >= 0.3 is 0 Å². The number of halogens is 1. The van der Waals surface area contributed by atoms with E-state index in [1.807, 2.05) is 39.0 Å². The lowest BCUT2D eigenvalue weighted by atomic mass is 9.93. The van der Waals surface area contributed by atoms with Crippen LogP contribution in [0, 0.1) is 17.1 Å². The molecule has 1 atom stereocenters.